The molecule has 0 saturated heterocycles. The molecule has 0 aromatic rings. The standard InChI is InChI=1S/C8H11NO8.Na.2Zn.H/c9-3-6(13)17-5(12)2-8(16,7(14)15)1-4(10)11;;;;/h16H,1-3,9H2,(H,10,11)(H,14,15);;;;/q;+1;;;-1. The van der Waals surface area contributed by atoms with Gasteiger partial charge in [-0.3, -0.25) is 14.4 Å². The normalized spacial score (nSPS) is 11.5. The number of nitrogens with two attached hydrogens (primary N) is 1. The first-order valence-corrected chi connectivity index (χ1v) is 4.32. The van der Waals surface area contributed by atoms with Gasteiger partial charge in [-0.25, -0.2) is 4.79 Å². The number of carboxylic acid groups (broad SMARTS) is 2. The molecule has 102 valence electrons. The average molecular weight is 404 g/mol. The first-order chi connectivity index (χ1) is 7.71. The molecule has 0 fully saturated rings. The molecular weight excluding hydrogens is 392 g/mol. The van der Waals surface area contributed by atoms with Crippen LogP contribution in [0.5, 0.6) is 0 Å². The fourth-order valence-corrected chi connectivity index (χ4v) is 0.907. The van der Waals surface area contributed by atoms with Gasteiger partial charge in [0, 0.05) is 39.0 Å². The number of carbonyl (C=O) groups excluding carboxylic acids is 2. The monoisotopic (exact) mass is 401 g/mol. The zero-order valence-corrected chi connectivity index (χ0v) is 18.9. The average Bonchev–Trinajstić information content (AvgIpc) is 2.15. The maximum absolute atomic E-state index is 11.0. The van der Waals surface area contributed by atoms with Gasteiger partial charge in [0.25, 0.3) is 0 Å². The smallest absolute Gasteiger partial charge is 1.00 e. The predicted molar refractivity (Wildman–Crippen MR) is 50.7 cm³/mol. The van der Waals surface area contributed by atoms with Crippen molar-refractivity contribution in [1.29, 1.82) is 0 Å². The quantitative estimate of drug-likeness (QED) is 0.193. The number of hydrogen-bond donors (Lipinski definition) is 4. The first kappa shape index (κ1) is 28.4. The van der Waals surface area contributed by atoms with Crippen LogP contribution < -0.4 is 35.3 Å². The third-order valence-corrected chi connectivity index (χ3v) is 1.67. The predicted octanol–water partition coefficient (Wildman–Crippen LogP) is -5.19. The van der Waals surface area contributed by atoms with Gasteiger partial charge in [0.15, 0.2) is 5.60 Å². The summed E-state index contributed by atoms with van der Waals surface area (Å²) in [4.78, 5) is 42.5. The van der Waals surface area contributed by atoms with E-state index in [1.165, 1.54) is 0 Å². The molecule has 0 bridgehead atoms. The van der Waals surface area contributed by atoms with Crippen LogP contribution in [0.3, 0.4) is 0 Å². The van der Waals surface area contributed by atoms with E-state index in [0.29, 0.717) is 0 Å². The van der Waals surface area contributed by atoms with Crippen molar-refractivity contribution in [1.82, 2.24) is 0 Å². The molecule has 1 unspecified atom stereocenters. The Morgan fingerprint density at radius 1 is 1.05 bits per heavy atom. The Balaban J connectivity index is -0.000000213. The van der Waals surface area contributed by atoms with E-state index in [1.807, 2.05) is 0 Å². The van der Waals surface area contributed by atoms with E-state index in [0.717, 1.165) is 0 Å². The van der Waals surface area contributed by atoms with E-state index >= 15 is 0 Å². The van der Waals surface area contributed by atoms with Gasteiger partial charge in [-0.1, -0.05) is 0 Å². The summed E-state index contributed by atoms with van der Waals surface area (Å²) in [6.45, 7) is -0.601. The molecule has 0 amide bonds. The topological polar surface area (TPSA) is 164 Å². The van der Waals surface area contributed by atoms with Crippen LogP contribution in [0.2, 0.25) is 0 Å². The van der Waals surface area contributed by atoms with E-state index < -0.39 is 48.9 Å². The second-order valence-electron chi connectivity index (χ2n) is 3.13. The number of esters is 2. The van der Waals surface area contributed by atoms with Crippen molar-refractivity contribution in [2.24, 2.45) is 5.73 Å². The first-order valence-electron chi connectivity index (χ1n) is 4.32. The van der Waals surface area contributed by atoms with E-state index in [2.05, 4.69) is 4.74 Å². The van der Waals surface area contributed by atoms with Crippen LogP contribution >= 0.6 is 0 Å². The Morgan fingerprint density at radius 3 is 1.80 bits per heavy atom. The number of ether oxygens (including phenoxy) is 1. The summed E-state index contributed by atoms with van der Waals surface area (Å²) in [6.07, 6.45) is -2.37. The van der Waals surface area contributed by atoms with Crippen molar-refractivity contribution in [3.05, 3.63) is 0 Å². The van der Waals surface area contributed by atoms with Crippen LogP contribution in [0.25, 0.3) is 0 Å². The molecule has 0 aliphatic heterocycles. The van der Waals surface area contributed by atoms with Gasteiger partial charge in [-0.2, -0.15) is 0 Å². The fourth-order valence-electron chi connectivity index (χ4n) is 0.907. The van der Waals surface area contributed by atoms with Gasteiger partial charge in [-0.05, 0) is 0 Å². The Hall–Kier alpha value is 0.247. The Labute approximate surface area is 162 Å². The van der Waals surface area contributed by atoms with Crippen LogP contribution in [0.15, 0.2) is 0 Å². The molecule has 0 rings (SSSR count). The molecule has 0 aliphatic carbocycles. The van der Waals surface area contributed by atoms with Crippen LogP contribution in [0.4, 0.5) is 0 Å². The molecule has 20 heavy (non-hydrogen) atoms. The summed E-state index contributed by atoms with van der Waals surface area (Å²) in [7, 11) is 0. The van der Waals surface area contributed by atoms with Gasteiger partial charge in [0.05, 0.1) is 19.4 Å². The van der Waals surface area contributed by atoms with Crippen LogP contribution in [0.1, 0.15) is 14.3 Å². The van der Waals surface area contributed by atoms with Gasteiger partial charge in [0.2, 0.25) is 0 Å². The summed E-state index contributed by atoms with van der Waals surface area (Å²) in [5.74, 6) is -6.01. The van der Waals surface area contributed by atoms with Crippen LogP contribution in [-0.2, 0) is 62.9 Å². The minimum absolute atomic E-state index is 0. The van der Waals surface area contributed by atoms with Gasteiger partial charge >= 0.3 is 53.4 Å². The maximum atomic E-state index is 11.0. The number of carboxylic acids is 2. The van der Waals surface area contributed by atoms with E-state index in [9.17, 15) is 24.3 Å². The number of rotatable bonds is 6. The van der Waals surface area contributed by atoms with Gasteiger partial charge < -0.3 is 27.2 Å². The van der Waals surface area contributed by atoms with Crippen LogP contribution in [-0.4, -0.2) is 51.3 Å². The van der Waals surface area contributed by atoms with Crippen molar-refractivity contribution < 1.29 is 109 Å². The zero-order valence-electron chi connectivity index (χ0n) is 12.0. The second kappa shape index (κ2) is 12.9. The van der Waals surface area contributed by atoms with Crippen molar-refractivity contribution in [2.45, 2.75) is 18.4 Å². The minimum Gasteiger partial charge on any atom is -1.00 e. The zero-order chi connectivity index (χ0) is 13.6. The van der Waals surface area contributed by atoms with Gasteiger partial charge in [0.1, 0.15) is 0 Å². The molecule has 9 nitrogen and oxygen atoms in total. The summed E-state index contributed by atoms with van der Waals surface area (Å²) in [5, 5.41) is 26.4. The summed E-state index contributed by atoms with van der Waals surface area (Å²) < 4.78 is 4.01. The maximum Gasteiger partial charge on any atom is 1.00 e. The fraction of sp³-hybridized carbons (Fsp3) is 0.500. The van der Waals surface area contributed by atoms with Crippen molar-refractivity contribution >= 4 is 23.9 Å². The summed E-state index contributed by atoms with van der Waals surface area (Å²) in [6, 6.07) is 0. The molecule has 0 radical (unpaired) electrons. The molecule has 0 aromatic carbocycles. The number of aliphatic carboxylic acids is 2. The second-order valence-corrected chi connectivity index (χ2v) is 3.13. The molecule has 0 aliphatic rings. The molecule has 0 spiro atoms. The molecular formula is C8H12NNaO8Zn2. The molecule has 0 aromatic heterocycles. The third-order valence-electron chi connectivity index (χ3n) is 1.67. The van der Waals surface area contributed by atoms with Crippen molar-refractivity contribution in [3.63, 3.8) is 0 Å². The molecule has 0 saturated carbocycles. The number of aliphatic hydroxyl groups is 1. The third kappa shape index (κ3) is 11.0. The largest absolute Gasteiger partial charge is 1.00 e. The van der Waals surface area contributed by atoms with Crippen LogP contribution in [0, 0.1) is 0 Å². The van der Waals surface area contributed by atoms with E-state index in [4.69, 9.17) is 15.9 Å². The van der Waals surface area contributed by atoms with Gasteiger partial charge in [-0.15, -0.1) is 0 Å². The summed E-state index contributed by atoms with van der Waals surface area (Å²) in [5.41, 5.74) is 2.00. The SMILES string of the molecule is NCC(=O)OC(=O)CC(O)(CC(=O)O)C(=O)O.[H-].[Na+].[Zn].[Zn]. The van der Waals surface area contributed by atoms with Crippen molar-refractivity contribution in [3.8, 4) is 0 Å². The Morgan fingerprint density at radius 2 is 1.50 bits per heavy atom. The van der Waals surface area contributed by atoms with Crippen molar-refractivity contribution in [2.75, 3.05) is 6.54 Å². The number of carbonyl (C=O) groups is 4. The Kier molecular flexibility index (Phi) is 18.4. The Bertz CT molecular complexity index is 372. The molecule has 5 N–H and O–H groups in total. The molecule has 1 atom stereocenters. The summed E-state index contributed by atoms with van der Waals surface area (Å²) >= 11 is 0. The minimum atomic E-state index is -2.82. The molecule has 0 heterocycles. The van der Waals surface area contributed by atoms with E-state index in [-0.39, 0.29) is 69.9 Å². The number of hydrogen-bond acceptors (Lipinski definition) is 7. The van der Waals surface area contributed by atoms with E-state index in [1.54, 1.807) is 0 Å². The molecule has 12 heteroatoms.